The van der Waals surface area contributed by atoms with Crippen molar-refractivity contribution < 1.29 is 13.2 Å². The molecule has 1 fully saturated rings. The van der Waals surface area contributed by atoms with E-state index in [1.54, 1.807) is 12.1 Å². The van der Waals surface area contributed by atoms with Crippen LogP contribution in [0.5, 0.6) is 5.75 Å². The third-order valence-electron chi connectivity index (χ3n) is 3.53. The summed E-state index contributed by atoms with van der Waals surface area (Å²) in [6.07, 6.45) is 1.92. The van der Waals surface area contributed by atoms with Crippen LogP contribution < -0.4 is 9.46 Å². The van der Waals surface area contributed by atoms with Gasteiger partial charge in [-0.05, 0) is 30.9 Å². The van der Waals surface area contributed by atoms with Crippen LogP contribution in [-0.2, 0) is 10.2 Å². The standard InChI is InChI=1S/C14H19N3O3S/c1-11-4-3-7-17(10-11)21(18,19)16-13-6-5-12(9-15)8-14(13)20-2/h5-6,8,11,16H,3-4,7,10H2,1-2H3. The average molecular weight is 309 g/mol. The summed E-state index contributed by atoms with van der Waals surface area (Å²) in [6.45, 7) is 3.09. The molecule has 7 heteroatoms. The van der Waals surface area contributed by atoms with Crippen LogP contribution in [0.3, 0.4) is 0 Å². The number of nitrogens with zero attached hydrogens (tertiary/aromatic N) is 2. The van der Waals surface area contributed by atoms with Gasteiger partial charge in [0.15, 0.2) is 0 Å². The van der Waals surface area contributed by atoms with E-state index in [0.717, 1.165) is 12.8 Å². The van der Waals surface area contributed by atoms with Gasteiger partial charge in [-0.25, -0.2) is 0 Å². The highest BCUT2D eigenvalue weighted by Gasteiger charge is 2.27. The largest absolute Gasteiger partial charge is 0.495 e. The van der Waals surface area contributed by atoms with Crippen molar-refractivity contribution in [3.05, 3.63) is 23.8 Å². The van der Waals surface area contributed by atoms with Gasteiger partial charge in [0.2, 0.25) is 0 Å². The molecular weight excluding hydrogens is 290 g/mol. The predicted molar refractivity (Wildman–Crippen MR) is 80.2 cm³/mol. The number of methoxy groups -OCH3 is 1. The fourth-order valence-corrected chi connectivity index (χ4v) is 3.81. The summed E-state index contributed by atoms with van der Waals surface area (Å²) >= 11 is 0. The van der Waals surface area contributed by atoms with Crippen LogP contribution in [0.25, 0.3) is 0 Å². The summed E-state index contributed by atoms with van der Waals surface area (Å²) in [5.74, 6) is 0.695. The maximum absolute atomic E-state index is 12.4. The number of nitrogens with one attached hydrogen (secondary N) is 1. The van der Waals surface area contributed by atoms with Crippen molar-refractivity contribution in [2.24, 2.45) is 5.92 Å². The molecule has 0 spiro atoms. The first-order valence-electron chi connectivity index (χ1n) is 6.82. The number of anilines is 1. The van der Waals surface area contributed by atoms with E-state index in [1.807, 2.05) is 13.0 Å². The molecule has 0 aliphatic carbocycles. The van der Waals surface area contributed by atoms with E-state index >= 15 is 0 Å². The monoisotopic (exact) mass is 309 g/mol. The van der Waals surface area contributed by atoms with Crippen LogP contribution in [0.1, 0.15) is 25.3 Å². The predicted octanol–water partition coefficient (Wildman–Crippen LogP) is 1.96. The van der Waals surface area contributed by atoms with Gasteiger partial charge in [-0.15, -0.1) is 0 Å². The van der Waals surface area contributed by atoms with Crippen molar-refractivity contribution >= 4 is 15.9 Å². The van der Waals surface area contributed by atoms with Gasteiger partial charge in [-0.1, -0.05) is 6.92 Å². The van der Waals surface area contributed by atoms with Crippen LogP contribution in [0.15, 0.2) is 18.2 Å². The van der Waals surface area contributed by atoms with Gasteiger partial charge in [0.05, 0.1) is 24.4 Å². The second-order valence-corrected chi connectivity index (χ2v) is 6.91. The van der Waals surface area contributed by atoms with Crippen molar-refractivity contribution in [1.29, 1.82) is 5.26 Å². The highest BCUT2D eigenvalue weighted by molar-refractivity contribution is 7.90. The minimum absolute atomic E-state index is 0.336. The topological polar surface area (TPSA) is 82.4 Å². The molecule has 1 saturated heterocycles. The normalized spacial score (nSPS) is 19.8. The van der Waals surface area contributed by atoms with Crippen molar-refractivity contribution in [2.45, 2.75) is 19.8 Å². The fraction of sp³-hybridized carbons (Fsp3) is 0.500. The number of ether oxygens (including phenoxy) is 1. The maximum Gasteiger partial charge on any atom is 0.301 e. The molecule has 1 unspecified atom stereocenters. The van der Waals surface area contributed by atoms with Crippen LogP contribution >= 0.6 is 0 Å². The molecular formula is C14H19N3O3S. The van der Waals surface area contributed by atoms with Crippen molar-refractivity contribution in [2.75, 3.05) is 24.9 Å². The zero-order chi connectivity index (χ0) is 15.5. The van der Waals surface area contributed by atoms with E-state index in [9.17, 15) is 8.42 Å². The number of hydrogen-bond acceptors (Lipinski definition) is 4. The second-order valence-electron chi connectivity index (χ2n) is 5.24. The molecule has 1 aromatic carbocycles. The Morgan fingerprint density at radius 3 is 2.86 bits per heavy atom. The first kappa shape index (κ1) is 15.6. The summed E-state index contributed by atoms with van der Waals surface area (Å²) < 4.78 is 34.0. The van der Waals surface area contributed by atoms with Gasteiger partial charge in [0, 0.05) is 19.2 Å². The first-order chi connectivity index (χ1) is 9.96. The molecule has 0 saturated carbocycles. The molecule has 21 heavy (non-hydrogen) atoms. The van der Waals surface area contributed by atoms with Crippen molar-refractivity contribution in [3.8, 4) is 11.8 Å². The molecule has 1 atom stereocenters. The van der Waals surface area contributed by atoms with E-state index in [1.165, 1.54) is 17.5 Å². The minimum atomic E-state index is -3.60. The third-order valence-corrected chi connectivity index (χ3v) is 5.02. The van der Waals surface area contributed by atoms with Gasteiger partial charge in [0.1, 0.15) is 5.75 Å². The molecule has 1 heterocycles. The lowest BCUT2D eigenvalue weighted by Crippen LogP contribution is -2.42. The summed E-state index contributed by atoms with van der Waals surface area (Å²) in [5, 5.41) is 8.86. The number of rotatable bonds is 4. The zero-order valence-corrected chi connectivity index (χ0v) is 13.0. The van der Waals surface area contributed by atoms with Gasteiger partial charge in [-0.3, -0.25) is 4.72 Å². The van der Waals surface area contributed by atoms with Crippen LogP contribution in [0, 0.1) is 17.2 Å². The summed E-state index contributed by atoms with van der Waals surface area (Å²) in [6, 6.07) is 6.60. The molecule has 0 radical (unpaired) electrons. The highest BCUT2D eigenvalue weighted by atomic mass is 32.2. The van der Waals surface area contributed by atoms with E-state index in [0.29, 0.717) is 36.0 Å². The summed E-state index contributed by atoms with van der Waals surface area (Å²) in [7, 11) is -2.16. The van der Waals surface area contributed by atoms with Gasteiger partial charge in [-0.2, -0.15) is 18.0 Å². The quantitative estimate of drug-likeness (QED) is 0.921. The lowest BCUT2D eigenvalue weighted by molar-refractivity contribution is 0.282. The van der Waals surface area contributed by atoms with Crippen LogP contribution in [0.2, 0.25) is 0 Å². The Bertz CT molecular complexity index is 652. The highest BCUT2D eigenvalue weighted by Crippen LogP contribution is 2.28. The Kier molecular flexibility index (Phi) is 4.70. The number of hydrogen-bond donors (Lipinski definition) is 1. The molecule has 0 amide bonds. The summed E-state index contributed by atoms with van der Waals surface area (Å²) in [5.41, 5.74) is 0.760. The van der Waals surface area contributed by atoms with Crippen molar-refractivity contribution in [1.82, 2.24) is 4.31 Å². The van der Waals surface area contributed by atoms with Gasteiger partial charge >= 0.3 is 10.2 Å². The fourth-order valence-electron chi connectivity index (χ4n) is 2.41. The third kappa shape index (κ3) is 3.65. The molecule has 114 valence electrons. The Labute approximate surface area is 125 Å². The Hall–Kier alpha value is -1.78. The molecule has 0 bridgehead atoms. The molecule has 0 aromatic heterocycles. The zero-order valence-electron chi connectivity index (χ0n) is 12.2. The smallest absolute Gasteiger partial charge is 0.301 e. The average Bonchev–Trinajstić information content (AvgIpc) is 2.47. The molecule has 6 nitrogen and oxygen atoms in total. The second kappa shape index (κ2) is 6.33. The van der Waals surface area contributed by atoms with E-state index in [2.05, 4.69) is 4.72 Å². The Morgan fingerprint density at radius 2 is 2.24 bits per heavy atom. The van der Waals surface area contributed by atoms with E-state index < -0.39 is 10.2 Å². The molecule has 1 aliphatic rings. The number of benzene rings is 1. The van der Waals surface area contributed by atoms with Gasteiger partial charge < -0.3 is 4.74 Å². The van der Waals surface area contributed by atoms with E-state index in [4.69, 9.17) is 10.00 Å². The molecule has 2 rings (SSSR count). The number of piperidine rings is 1. The SMILES string of the molecule is COc1cc(C#N)ccc1NS(=O)(=O)N1CCCC(C)C1. The van der Waals surface area contributed by atoms with Crippen molar-refractivity contribution in [3.63, 3.8) is 0 Å². The Morgan fingerprint density at radius 1 is 1.48 bits per heavy atom. The van der Waals surface area contributed by atoms with E-state index in [-0.39, 0.29) is 0 Å². The molecule has 1 aromatic rings. The maximum atomic E-state index is 12.4. The van der Waals surface area contributed by atoms with Crippen LogP contribution in [0.4, 0.5) is 5.69 Å². The molecule has 1 N–H and O–H groups in total. The first-order valence-corrected chi connectivity index (χ1v) is 8.26. The minimum Gasteiger partial charge on any atom is -0.495 e. The number of nitriles is 1. The lowest BCUT2D eigenvalue weighted by atomic mass is 10.0. The lowest BCUT2D eigenvalue weighted by Gasteiger charge is -2.30. The Balaban J connectivity index is 2.22. The molecule has 1 aliphatic heterocycles. The van der Waals surface area contributed by atoms with Crippen LogP contribution in [-0.4, -0.2) is 32.9 Å². The summed E-state index contributed by atoms with van der Waals surface area (Å²) in [4.78, 5) is 0. The van der Waals surface area contributed by atoms with Gasteiger partial charge in [0.25, 0.3) is 0 Å².